The fourth-order valence-electron chi connectivity index (χ4n) is 4.41. The number of pyridine rings is 1. The molecule has 30 heavy (non-hydrogen) atoms. The highest BCUT2D eigenvalue weighted by molar-refractivity contribution is 9.10. The topological polar surface area (TPSA) is 61.5 Å². The minimum atomic E-state index is -0.0525. The summed E-state index contributed by atoms with van der Waals surface area (Å²) in [5.41, 5.74) is 5.87. The van der Waals surface area contributed by atoms with E-state index >= 15 is 0 Å². The van der Waals surface area contributed by atoms with Crippen molar-refractivity contribution in [3.8, 4) is 6.07 Å². The van der Waals surface area contributed by atoms with Gasteiger partial charge in [0, 0.05) is 40.5 Å². The molecule has 0 bridgehead atoms. The number of aryl methyl sites for hydroxylation is 1. The van der Waals surface area contributed by atoms with E-state index in [4.69, 9.17) is 9.73 Å². The largest absolute Gasteiger partial charge is 0.366 e. The van der Waals surface area contributed by atoms with E-state index in [1.807, 2.05) is 24.3 Å². The molecule has 6 heteroatoms. The molecule has 0 aliphatic carbocycles. The second-order valence-corrected chi connectivity index (χ2v) is 8.78. The van der Waals surface area contributed by atoms with Gasteiger partial charge in [-0.2, -0.15) is 5.26 Å². The first-order chi connectivity index (χ1) is 14.6. The molecule has 2 aromatic carbocycles. The SMILES string of the molecule is C[C@@H]1CN(c2ccc(C#N)c3ncccc23)C[C@H](C2=Nc3cc(Br)ccc3CC2)O1. The van der Waals surface area contributed by atoms with Crippen LogP contribution in [0.1, 0.15) is 24.5 Å². The molecular formula is C24H21BrN4O. The van der Waals surface area contributed by atoms with E-state index in [0.29, 0.717) is 5.56 Å². The molecule has 5 rings (SSSR count). The predicted octanol–water partition coefficient (Wildman–Crippen LogP) is 5.18. The Balaban J connectivity index is 1.50. The molecule has 5 nitrogen and oxygen atoms in total. The van der Waals surface area contributed by atoms with Crippen LogP contribution in [0.5, 0.6) is 0 Å². The minimum absolute atomic E-state index is 0.0525. The van der Waals surface area contributed by atoms with Crippen LogP contribution in [0.4, 0.5) is 11.4 Å². The van der Waals surface area contributed by atoms with Gasteiger partial charge in [0.2, 0.25) is 0 Å². The molecule has 2 aliphatic heterocycles. The Labute approximate surface area is 184 Å². The van der Waals surface area contributed by atoms with Gasteiger partial charge >= 0.3 is 0 Å². The number of morpholine rings is 1. The first-order valence-corrected chi connectivity index (χ1v) is 11.0. The number of benzene rings is 2. The van der Waals surface area contributed by atoms with Crippen LogP contribution in [-0.2, 0) is 11.2 Å². The molecule has 1 aromatic heterocycles. The molecule has 0 N–H and O–H groups in total. The average Bonchev–Trinajstić information content (AvgIpc) is 2.77. The van der Waals surface area contributed by atoms with Gasteiger partial charge in [-0.15, -0.1) is 0 Å². The quantitative estimate of drug-likeness (QED) is 0.528. The summed E-state index contributed by atoms with van der Waals surface area (Å²) in [5, 5.41) is 10.5. The van der Waals surface area contributed by atoms with Gasteiger partial charge in [0.25, 0.3) is 0 Å². The van der Waals surface area contributed by atoms with Crippen LogP contribution in [0.3, 0.4) is 0 Å². The summed E-state index contributed by atoms with van der Waals surface area (Å²) >= 11 is 3.55. The van der Waals surface area contributed by atoms with Crippen molar-refractivity contribution in [1.29, 1.82) is 5.26 Å². The third-order valence-electron chi connectivity index (χ3n) is 5.80. The minimum Gasteiger partial charge on any atom is -0.366 e. The maximum atomic E-state index is 9.45. The van der Waals surface area contributed by atoms with Crippen LogP contribution >= 0.6 is 15.9 Å². The van der Waals surface area contributed by atoms with E-state index < -0.39 is 0 Å². The summed E-state index contributed by atoms with van der Waals surface area (Å²) in [5.74, 6) is 0. The molecular weight excluding hydrogens is 440 g/mol. The number of hydrogen-bond acceptors (Lipinski definition) is 5. The van der Waals surface area contributed by atoms with Crippen molar-refractivity contribution < 1.29 is 4.74 Å². The smallest absolute Gasteiger partial charge is 0.113 e. The zero-order chi connectivity index (χ0) is 20.7. The molecule has 1 saturated heterocycles. The predicted molar refractivity (Wildman–Crippen MR) is 123 cm³/mol. The lowest BCUT2D eigenvalue weighted by Gasteiger charge is -2.39. The van der Waals surface area contributed by atoms with Gasteiger partial charge in [-0.05, 0) is 61.7 Å². The first-order valence-electron chi connectivity index (χ1n) is 10.2. The van der Waals surface area contributed by atoms with Crippen LogP contribution in [-0.4, -0.2) is 36.0 Å². The summed E-state index contributed by atoms with van der Waals surface area (Å²) in [6.07, 6.45) is 3.67. The van der Waals surface area contributed by atoms with Crippen molar-refractivity contribution in [2.45, 2.75) is 32.0 Å². The second-order valence-electron chi connectivity index (χ2n) is 7.86. The number of nitriles is 1. The van der Waals surface area contributed by atoms with Crippen LogP contribution in [0.2, 0.25) is 0 Å². The molecule has 2 atom stereocenters. The van der Waals surface area contributed by atoms with Gasteiger partial charge in [-0.25, -0.2) is 0 Å². The Morgan fingerprint density at radius 2 is 2.07 bits per heavy atom. The number of nitrogens with zero attached hydrogens (tertiary/aromatic N) is 4. The van der Waals surface area contributed by atoms with Gasteiger partial charge < -0.3 is 9.64 Å². The van der Waals surface area contributed by atoms with Crippen molar-refractivity contribution in [2.75, 3.05) is 18.0 Å². The van der Waals surface area contributed by atoms with E-state index in [1.165, 1.54) is 5.56 Å². The lowest BCUT2D eigenvalue weighted by molar-refractivity contribution is 0.0196. The molecule has 1 fully saturated rings. The number of anilines is 1. The molecule has 0 unspecified atom stereocenters. The van der Waals surface area contributed by atoms with E-state index in [9.17, 15) is 5.26 Å². The van der Waals surface area contributed by atoms with E-state index in [0.717, 1.165) is 58.4 Å². The number of aliphatic imine (C=N–C) groups is 1. The third kappa shape index (κ3) is 3.49. The van der Waals surface area contributed by atoms with Crippen LogP contribution in [0.15, 0.2) is 58.1 Å². The molecule has 0 spiro atoms. The second kappa shape index (κ2) is 7.82. The van der Waals surface area contributed by atoms with Crippen LogP contribution in [0, 0.1) is 11.3 Å². The van der Waals surface area contributed by atoms with Gasteiger partial charge in [0.05, 0.1) is 22.9 Å². The number of fused-ring (bicyclic) bond motifs is 2. The van der Waals surface area contributed by atoms with Gasteiger partial charge in [0.1, 0.15) is 12.2 Å². The van der Waals surface area contributed by atoms with Gasteiger partial charge in [-0.1, -0.05) is 22.0 Å². The first kappa shape index (κ1) is 19.2. The molecule has 0 radical (unpaired) electrons. The fourth-order valence-corrected chi connectivity index (χ4v) is 4.76. The monoisotopic (exact) mass is 460 g/mol. The Morgan fingerprint density at radius 3 is 2.93 bits per heavy atom. The highest BCUT2D eigenvalue weighted by Crippen LogP contribution is 2.33. The maximum Gasteiger partial charge on any atom is 0.113 e. The molecule has 3 aromatic rings. The van der Waals surface area contributed by atoms with Gasteiger partial charge in [0.15, 0.2) is 0 Å². The third-order valence-corrected chi connectivity index (χ3v) is 6.29. The fraction of sp³-hybridized carbons (Fsp3) is 0.292. The molecule has 2 aliphatic rings. The number of aromatic nitrogens is 1. The van der Waals surface area contributed by atoms with Crippen molar-refractivity contribution >= 4 is 43.9 Å². The van der Waals surface area contributed by atoms with Crippen LogP contribution in [0.25, 0.3) is 10.9 Å². The zero-order valence-electron chi connectivity index (χ0n) is 16.7. The Bertz CT molecular complexity index is 1200. The highest BCUT2D eigenvalue weighted by Gasteiger charge is 2.31. The highest BCUT2D eigenvalue weighted by atomic mass is 79.9. The van der Waals surface area contributed by atoms with Crippen molar-refractivity contribution in [2.24, 2.45) is 4.99 Å². The summed E-state index contributed by atoms with van der Waals surface area (Å²) in [7, 11) is 0. The molecule has 0 saturated carbocycles. The van der Waals surface area contributed by atoms with Crippen molar-refractivity contribution in [3.63, 3.8) is 0 Å². The molecule has 3 heterocycles. The van der Waals surface area contributed by atoms with E-state index in [1.54, 1.807) is 6.20 Å². The van der Waals surface area contributed by atoms with Crippen LogP contribution < -0.4 is 4.90 Å². The average molecular weight is 461 g/mol. The Kier molecular flexibility index (Phi) is 5.01. The van der Waals surface area contributed by atoms with Crippen molar-refractivity contribution in [3.05, 3.63) is 64.3 Å². The molecule has 0 amide bonds. The van der Waals surface area contributed by atoms with Crippen molar-refractivity contribution in [1.82, 2.24) is 4.98 Å². The van der Waals surface area contributed by atoms with E-state index in [2.05, 4.69) is 57.0 Å². The number of hydrogen-bond donors (Lipinski definition) is 0. The summed E-state index contributed by atoms with van der Waals surface area (Å²) in [6.45, 7) is 3.64. The summed E-state index contributed by atoms with van der Waals surface area (Å²) < 4.78 is 7.37. The van der Waals surface area contributed by atoms with E-state index in [-0.39, 0.29) is 12.2 Å². The lowest BCUT2D eigenvalue weighted by atomic mass is 9.97. The van der Waals surface area contributed by atoms with Gasteiger partial charge in [-0.3, -0.25) is 9.98 Å². The Morgan fingerprint density at radius 1 is 1.17 bits per heavy atom. The Hall–Kier alpha value is -2.75. The summed E-state index contributed by atoms with van der Waals surface area (Å²) in [4.78, 5) is 11.8. The number of ether oxygens (including phenoxy) is 1. The number of rotatable bonds is 2. The summed E-state index contributed by atoms with van der Waals surface area (Å²) in [6, 6.07) is 16.4. The maximum absolute atomic E-state index is 9.45. The molecule has 150 valence electrons. The normalized spacial score (nSPS) is 21.1. The zero-order valence-corrected chi connectivity index (χ0v) is 18.3. The lowest BCUT2D eigenvalue weighted by Crippen LogP contribution is -2.50. The standard InChI is InChI=1S/C24H21BrN4O/c1-15-13-29(22-9-6-17(12-26)24-19(22)3-2-10-27-24)14-23(30-15)20-8-5-16-4-7-18(25)11-21(16)28-20/h2-4,6-7,9-11,15,23H,5,8,13-14H2,1H3/t15-,23-/m1/s1. The number of halogens is 1.